The number of rotatable bonds is 7. The van der Waals surface area contributed by atoms with Crippen LogP contribution in [-0.4, -0.2) is 47.6 Å². The van der Waals surface area contributed by atoms with Crippen LogP contribution in [0.2, 0.25) is 5.02 Å². The molecule has 0 unspecified atom stereocenters. The van der Waals surface area contributed by atoms with Gasteiger partial charge in [0.2, 0.25) is 0 Å². The number of nitrogens with zero attached hydrogens (tertiary/aromatic N) is 4. The molecule has 0 atom stereocenters. The highest BCUT2D eigenvalue weighted by atomic mass is 35.5. The van der Waals surface area contributed by atoms with Crippen molar-refractivity contribution in [2.24, 2.45) is 0 Å². The second-order valence-electron chi connectivity index (χ2n) is 4.00. The Hall–Kier alpha value is -1.70. The molecule has 1 aromatic heterocycles. The number of tetrazole rings is 1. The topological polar surface area (TPSA) is 74.1 Å². The number of ether oxygens (including phenoxy) is 2. The van der Waals surface area contributed by atoms with Gasteiger partial charge in [-0.1, -0.05) is 11.6 Å². The lowest BCUT2D eigenvalue weighted by molar-refractivity contribution is 0.199. The Balaban J connectivity index is 2.13. The predicted molar refractivity (Wildman–Crippen MR) is 74.3 cm³/mol. The standard InChI is InChI=1S/C12H16ClN5O2/c1-19-6-5-14-8-12-15-16-17-18(12)9-3-4-11(20-2)10(13)7-9/h3-4,7,14H,5-6,8H2,1-2H3. The first-order valence-electron chi connectivity index (χ1n) is 6.07. The van der Waals surface area contributed by atoms with Crippen LogP contribution in [0.25, 0.3) is 5.69 Å². The van der Waals surface area contributed by atoms with Gasteiger partial charge in [0, 0.05) is 13.7 Å². The number of halogens is 1. The van der Waals surface area contributed by atoms with Gasteiger partial charge in [0.15, 0.2) is 5.82 Å². The molecule has 0 fully saturated rings. The Labute approximate surface area is 121 Å². The molecule has 1 N–H and O–H groups in total. The van der Waals surface area contributed by atoms with Crippen LogP contribution in [0.4, 0.5) is 0 Å². The van der Waals surface area contributed by atoms with Gasteiger partial charge in [-0.3, -0.25) is 0 Å². The molecule has 1 aromatic carbocycles. The van der Waals surface area contributed by atoms with Crippen molar-refractivity contribution < 1.29 is 9.47 Å². The van der Waals surface area contributed by atoms with Crippen molar-refractivity contribution in [1.29, 1.82) is 0 Å². The van der Waals surface area contributed by atoms with Crippen LogP contribution in [0.5, 0.6) is 5.75 Å². The average molecular weight is 298 g/mol. The SMILES string of the molecule is COCCNCc1nnnn1-c1ccc(OC)c(Cl)c1. The number of methoxy groups -OCH3 is 2. The molecular weight excluding hydrogens is 282 g/mol. The molecule has 108 valence electrons. The van der Waals surface area contributed by atoms with Gasteiger partial charge in [-0.2, -0.15) is 4.68 Å². The van der Waals surface area contributed by atoms with Crippen LogP contribution >= 0.6 is 11.6 Å². The number of nitrogens with one attached hydrogen (secondary N) is 1. The fraction of sp³-hybridized carbons (Fsp3) is 0.417. The lowest BCUT2D eigenvalue weighted by atomic mass is 10.3. The van der Waals surface area contributed by atoms with Crippen LogP contribution in [0, 0.1) is 0 Å². The van der Waals surface area contributed by atoms with E-state index in [4.69, 9.17) is 21.1 Å². The molecule has 0 radical (unpaired) electrons. The summed E-state index contributed by atoms with van der Waals surface area (Å²) in [4.78, 5) is 0. The summed E-state index contributed by atoms with van der Waals surface area (Å²) in [6.07, 6.45) is 0. The van der Waals surface area contributed by atoms with Crippen molar-refractivity contribution in [3.05, 3.63) is 29.0 Å². The second kappa shape index (κ2) is 7.18. The zero-order valence-electron chi connectivity index (χ0n) is 11.3. The minimum Gasteiger partial charge on any atom is -0.495 e. The fourth-order valence-corrected chi connectivity index (χ4v) is 1.93. The van der Waals surface area contributed by atoms with Crippen LogP contribution in [0.3, 0.4) is 0 Å². The van der Waals surface area contributed by atoms with Crippen LogP contribution in [0.15, 0.2) is 18.2 Å². The molecule has 2 rings (SSSR count). The first-order chi connectivity index (χ1) is 9.76. The monoisotopic (exact) mass is 297 g/mol. The van der Waals surface area contributed by atoms with E-state index in [1.54, 1.807) is 31.0 Å². The minimum absolute atomic E-state index is 0.513. The molecule has 0 aliphatic rings. The minimum atomic E-state index is 0.513. The Morgan fingerprint density at radius 1 is 1.35 bits per heavy atom. The van der Waals surface area contributed by atoms with E-state index < -0.39 is 0 Å². The van der Waals surface area contributed by atoms with Crippen LogP contribution in [-0.2, 0) is 11.3 Å². The first kappa shape index (κ1) is 14.7. The normalized spacial score (nSPS) is 10.8. The summed E-state index contributed by atoms with van der Waals surface area (Å²) in [5.74, 6) is 1.31. The molecule has 2 aromatic rings. The third-order valence-electron chi connectivity index (χ3n) is 2.68. The molecule has 20 heavy (non-hydrogen) atoms. The molecule has 0 saturated heterocycles. The van der Waals surface area contributed by atoms with E-state index in [1.165, 1.54) is 0 Å². The predicted octanol–water partition coefficient (Wildman–Crippen LogP) is 1.06. The maximum absolute atomic E-state index is 6.11. The Bertz CT molecular complexity index is 561. The van der Waals surface area contributed by atoms with Crippen LogP contribution in [0.1, 0.15) is 5.82 Å². The van der Waals surface area contributed by atoms with Gasteiger partial charge in [-0.25, -0.2) is 0 Å². The fourth-order valence-electron chi connectivity index (χ4n) is 1.68. The lowest BCUT2D eigenvalue weighted by Crippen LogP contribution is -2.21. The zero-order chi connectivity index (χ0) is 14.4. The number of benzene rings is 1. The van der Waals surface area contributed by atoms with Crippen molar-refractivity contribution in [2.45, 2.75) is 6.54 Å². The summed E-state index contributed by atoms with van der Waals surface area (Å²) < 4.78 is 11.7. The third-order valence-corrected chi connectivity index (χ3v) is 2.98. The van der Waals surface area contributed by atoms with Crippen molar-refractivity contribution in [2.75, 3.05) is 27.4 Å². The maximum atomic E-state index is 6.11. The first-order valence-corrected chi connectivity index (χ1v) is 6.45. The molecule has 0 aliphatic heterocycles. The summed E-state index contributed by atoms with van der Waals surface area (Å²) in [5.41, 5.74) is 0.782. The van der Waals surface area contributed by atoms with Crippen molar-refractivity contribution in [1.82, 2.24) is 25.5 Å². The molecule has 8 heteroatoms. The molecule has 0 spiro atoms. The quantitative estimate of drug-likeness (QED) is 0.770. The Kier molecular flexibility index (Phi) is 5.28. The molecule has 0 aliphatic carbocycles. The Morgan fingerprint density at radius 3 is 2.90 bits per heavy atom. The molecule has 0 saturated carbocycles. The van der Waals surface area contributed by atoms with Gasteiger partial charge in [-0.15, -0.1) is 5.10 Å². The highest BCUT2D eigenvalue weighted by Crippen LogP contribution is 2.26. The van der Waals surface area contributed by atoms with E-state index >= 15 is 0 Å². The number of hydrogen-bond donors (Lipinski definition) is 1. The Morgan fingerprint density at radius 2 is 2.20 bits per heavy atom. The average Bonchev–Trinajstić information content (AvgIpc) is 2.92. The molecular formula is C12H16ClN5O2. The maximum Gasteiger partial charge on any atom is 0.170 e. The van der Waals surface area contributed by atoms with E-state index in [9.17, 15) is 0 Å². The van der Waals surface area contributed by atoms with E-state index in [0.717, 1.165) is 12.2 Å². The van der Waals surface area contributed by atoms with Gasteiger partial charge in [-0.05, 0) is 28.6 Å². The lowest BCUT2D eigenvalue weighted by Gasteiger charge is -2.08. The van der Waals surface area contributed by atoms with Gasteiger partial charge in [0.05, 0.1) is 31.0 Å². The van der Waals surface area contributed by atoms with Gasteiger partial charge >= 0.3 is 0 Å². The largest absolute Gasteiger partial charge is 0.495 e. The molecule has 0 amide bonds. The van der Waals surface area contributed by atoms with E-state index in [2.05, 4.69) is 20.8 Å². The van der Waals surface area contributed by atoms with E-state index in [0.29, 0.717) is 29.7 Å². The molecule has 7 nitrogen and oxygen atoms in total. The second-order valence-corrected chi connectivity index (χ2v) is 4.40. The zero-order valence-corrected chi connectivity index (χ0v) is 12.1. The summed E-state index contributed by atoms with van der Waals surface area (Å²) in [6.45, 7) is 1.91. The molecule has 1 heterocycles. The van der Waals surface area contributed by atoms with Crippen LogP contribution < -0.4 is 10.1 Å². The van der Waals surface area contributed by atoms with Crippen molar-refractivity contribution >= 4 is 11.6 Å². The third kappa shape index (κ3) is 3.44. The summed E-state index contributed by atoms with van der Waals surface area (Å²) in [5, 5.41) is 15.3. The highest BCUT2D eigenvalue weighted by molar-refractivity contribution is 6.32. The number of aromatic nitrogens is 4. The summed E-state index contributed by atoms with van der Waals surface area (Å²) in [6, 6.07) is 5.39. The smallest absolute Gasteiger partial charge is 0.170 e. The van der Waals surface area contributed by atoms with Gasteiger partial charge in [0.25, 0.3) is 0 Å². The van der Waals surface area contributed by atoms with Gasteiger partial charge in [0.1, 0.15) is 5.75 Å². The summed E-state index contributed by atoms with van der Waals surface area (Å²) >= 11 is 6.11. The summed E-state index contributed by atoms with van der Waals surface area (Å²) in [7, 11) is 3.23. The molecule has 0 bridgehead atoms. The van der Waals surface area contributed by atoms with Crippen molar-refractivity contribution in [3.63, 3.8) is 0 Å². The van der Waals surface area contributed by atoms with Crippen molar-refractivity contribution in [3.8, 4) is 11.4 Å². The highest BCUT2D eigenvalue weighted by Gasteiger charge is 2.10. The number of hydrogen-bond acceptors (Lipinski definition) is 6. The van der Waals surface area contributed by atoms with E-state index in [1.807, 2.05) is 6.07 Å². The van der Waals surface area contributed by atoms with Gasteiger partial charge < -0.3 is 14.8 Å². The van der Waals surface area contributed by atoms with E-state index in [-0.39, 0.29) is 0 Å².